The van der Waals surface area contributed by atoms with Crippen molar-refractivity contribution in [3.05, 3.63) is 51.7 Å². The van der Waals surface area contributed by atoms with Gasteiger partial charge in [0.1, 0.15) is 5.75 Å². The van der Waals surface area contributed by atoms with Gasteiger partial charge < -0.3 is 15.4 Å². The Bertz CT molecular complexity index is 865. The molecule has 168 valence electrons. The fourth-order valence-corrected chi connectivity index (χ4v) is 4.26. The maximum absolute atomic E-state index is 12.3. The number of amides is 2. The Morgan fingerprint density at radius 3 is 2.48 bits per heavy atom. The molecule has 1 fully saturated rings. The van der Waals surface area contributed by atoms with Crippen LogP contribution in [0.5, 0.6) is 5.75 Å². The van der Waals surface area contributed by atoms with Crippen LogP contribution in [-0.4, -0.2) is 55.5 Å². The van der Waals surface area contributed by atoms with Gasteiger partial charge in [0.15, 0.2) is 0 Å². The van der Waals surface area contributed by atoms with Crippen LogP contribution in [0.2, 0.25) is 0 Å². The number of benzene rings is 1. The van der Waals surface area contributed by atoms with Crippen LogP contribution in [0, 0.1) is 6.92 Å². The molecule has 0 unspecified atom stereocenters. The van der Waals surface area contributed by atoms with Crippen LogP contribution >= 0.6 is 11.3 Å². The quantitative estimate of drug-likeness (QED) is 0.614. The van der Waals surface area contributed by atoms with E-state index in [1.165, 1.54) is 23.5 Å². The molecule has 31 heavy (non-hydrogen) atoms. The summed E-state index contributed by atoms with van der Waals surface area (Å²) in [6, 6.07) is 10.3. The second kappa shape index (κ2) is 11.2. The largest absolute Gasteiger partial charge is 0.435 e. The number of piperidine rings is 1. The summed E-state index contributed by atoms with van der Waals surface area (Å²) in [4.78, 5) is 28.4. The number of carbonyl (C=O) groups excluding carboxylic acids is 2. The first kappa shape index (κ1) is 23.1. The smallest absolute Gasteiger partial charge is 0.387 e. The van der Waals surface area contributed by atoms with Crippen molar-refractivity contribution >= 4 is 23.2 Å². The van der Waals surface area contributed by atoms with E-state index in [9.17, 15) is 18.4 Å². The highest BCUT2D eigenvalue weighted by Gasteiger charge is 2.22. The molecule has 6 nitrogen and oxygen atoms in total. The molecule has 0 saturated carbocycles. The van der Waals surface area contributed by atoms with Crippen LogP contribution < -0.4 is 15.4 Å². The van der Waals surface area contributed by atoms with Gasteiger partial charge in [-0.3, -0.25) is 14.5 Å². The molecule has 1 aliphatic rings. The molecule has 0 radical (unpaired) electrons. The average molecular weight is 452 g/mol. The van der Waals surface area contributed by atoms with Gasteiger partial charge in [0.25, 0.3) is 5.91 Å². The van der Waals surface area contributed by atoms with Crippen molar-refractivity contribution in [2.24, 2.45) is 0 Å². The Hall–Kier alpha value is -2.52. The van der Waals surface area contributed by atoms with E-state index in [1.807, 2.05) is 19.1 Å². The van der Waals surface area contributed by atoms with E-state index in [1.54, 1.807) is 12.1 Å². The first-order valence-electron chi connectivity index (χ1n) is 10.3. The lowest BCUT2D eigenvalue weighted by Crippen LogP contribution is -2.47. The Kier molecular flexibility index (Phi) is 8.36. The topological polar surface area (TPSA) is 70.7 Å². The monoisotopic (exact) mass is 451 g/mol. The molecule has 2 amide bonds. The van der Waals surface area contributed by atoms with Gasteiger partial charge in [0.05, 0.1) is 11.4 Å². The summed E-state index contributed by atoms with van der Waals surface area (Å²) in [5, 5.41) is 5.98. The number of thiophene rings is 1. The molecule has 2 N–H and O–H groups in total. The highest BCUT2D eigenvalue weighted by atomic mass is 32.1. The zero-order valence-electron chi connectivity index (χ0n) is 17.4. The first-order valence-corrected chi connectivity index (χ1v) is 11.1. The Morgan fingerprint density at radius 1 is 1.16 bits per heavy atom. The number of hydrogen-bond acceptors (Lipinski definition) is 5. The van der Waals surface area contributed by atoms with Gasteiger partial charge in [0.2, 0.25) is 5.91 Å². The molecule has 1 saturated heterocycles. The lowest BCUT2D eigenvalue weighted by atomic mass is 10.0. The number of rotatable bonds is 9. The summed E-state index contributed by atoms with van der Waals surface area (Å²) >= 11 is 1.49. The van der Waals surface area contributed by atoms with Crippen LogP contribution in [0.15, 0.2) is 36.4 Å². The van der Waals surface area contributed by atoms with Gasteiger partial charge in [0, 0.05) is 30.6 Å². The molecule has 0 bridgehead atoms. The third-order valence-corrected chi connectivity index (χ3v) is 6.14. The van der Waals surface area contributed by atoms with Crippen LogP contribution in [0.1, 0.15) is 33.0 Å². The molecular weight excluding hydrogens is 424 g/mol. The number of likely N-dealkylation sites (tertiary alicyclic amines) is 1. The Morgan fingerprint density at radius 2 is 1.87 bits per heavy atom. The fraction of sp³-hybridized carbons (Fsp3) is 0.455. The lowest BCUT2D eigenvalue weighted by Gasteiger charge is -2.31. The van der Waals surface area contributed by atoms with E-state index in [0.29, 0.717) is 19.5 Å². The van der Waals surface area contributed by atoms with Crippen LogP contribution in [0.4, 0.5) is 8.78 Å². The molecule has 1 aromatic heterocycles. The predicted octanol–water partition coefficient (Wildman–Crippen LogP) is 3.21. The van der Waals surface area contributed by atoms with E-state index >= 15 is 0 Å². The van der Waals surface area contributed by atoms with Gasteiger partial charge in [-0.25, -0.2) is 0 Å². The molecular formula is C22H27F2N3O3S. The minimum atomic E-state index is -2.84. The van der Waals surface area contributed by atoms with Gasteiger partial charge in [-0.05, 0) is 56.0 Å². The predicted molar refractivity (Wildman–Crippen MR) is 116 cm³/mol. The normalized spacial score (nSPS) is 15.1. The van der Waals surface area contributed by atoms with Crippen molar-refractivity contribution in [2.45, 2.75) is 38.8 Å². The number of aryl methyl sites for hydroxylation is 1. The van der Waals surface area contributed by atoms with E-state index in [4.69, 9.17) is 0 Å². The third-order valence-electron chi connectivity index (χ3n) is 5.14. The van der Waals surface area contributed by atoms with E-state index in [2.05, 4.69) is 20.3 Å². The van der Waals surface area contributed by atoms with E-state index < -0.39 is 6.61 Å². The van der Waals surface area contributed by atoms with Gasteiger partial charge >= 0.3 is 6.61 Å². The average Bonchev–Trinajstić information content (AvgIpc) is 3.17. The van der Waals surface area contributed by atoms with E-state index in [0.717, 1.165) is 41.2 Å². The number of halogens is 2. The fourth-order valence-electron chi connectivity index (χ4n) is 3.49. The summed E-state index contributed by atoms with van der Waals surface area (Å²) in [7, 11) is 0. The molecule has 2 aromatic rings. The minimum Gasteiger partial charge on any atom is -0.435 e. The Balaban J connectivity index is 1.31. The summed E-state index contributed by atoms with van der Waals surface area (Å²) in [6.07, 6.45) is 2.24. The zero-order valence-corrected chi connectivity index (χ0v) is 18.2. The molecule has 3 rings (SSSR count). The van der Waals surface area contributed by atoms with Crippen LogP contribution in [-0.2, 0) is 11.2 Å². The molecule has 0 atom stereocenters. The standard InChI is InChI=1S/C22H27F2N3O3S/c1-15-2-7-19(31-15)21(29)26-17-9-12-27(13-10-17)14-20(28)25-11-8-16-3-5-18(6-4-16)30-22(23)24/h2-7,17,22H,8-14H2,1H3,(H,25,28)(H,26,29). The third kappa shape index (κ3) is 7.59. The van der Waals surface area contributed by atoms with Crippen LogP contribution in [0.3, 0.4) is 0 Å². The number of ether oxygens (including phenoxy) is 1. The van der Waals surface area contributed by atoms with Gasteiger partial charge in [-0.15, -0.1) is 11.3 Å². The summed E-state index contributed by atoms with van der Waals surface area (Å²) in [5.74, 6) is 0.0465. The van der Waals surface area contributed by atoms with Crippen molar-refractivity contribution in [2.75, 3.05) is 26.2 Å². The highest BCUT2D eigenvalue weighted by molar-refractivity contribution is 7.13. The number of nitrogens with zero attached hydrogens (tertiary/aromatic N) is 1. The molecule has 1 aromatic carbocycles. The number of alkyl halides is 2. The van der Waals surface area contributed by atoms with Crippen molar-refractivity contribution < 1.29 is 23.1 Å². The van der Waals surface area contributed by atoms with Crippen molar-refractivity contribution in [3.63, 3.8) is 0 Å². The van der Waals surface area contributed by atoms with Crippen molar-refractivity contribution in [3.8, 4) is 5.75 Å². The Labute approximate surface area is 184 Å². The van der Waals surface area contributed by atoms with Gasteiger partial charge in [-0.1, -0.05) is 12.1 Å². The van der Waals surface area contributed by atoms with Crippen molar-refractivity contribution in [1.82, 2.24) is 15.5 Å². The summed E-state index contributed by atoms with van der Waals surface area (Å²) < 4.78 is 28.6. The molecule has 0 aliphatic carbocycles. The van der Waals surface area contributed by atoms with Crippen LogP contribution in [0.25, 0.3) is 0 Å². The maximum Gasteiger partial charge on any atom is 0.387 e. The second-order valence-corrected chi connectivity index (χ2v) is 8.84. The number of carbonyl (C=O) groups is 2. The molecule has 2 heterocycles. The second-order valence-electron chi connectivity index (χ2n) is 7.56. The maximum atomic E-state index is 12.3. The SMILES string of the molecule is Cc1ccc(C(=O)NC2CCN(CC(=O)NCCc3ccc(OC(F)F)cc3)CC2)s1. The molecule has 0 spiro atoms. The number of hydrogen-bond donors (Lipinski definition) is 2. The first-order chi connectivity index (χ1) is 14.9. The van der Waals surface area contributed by atoms with E-state index in [-0.39, 0.29) is 23.6 Å². The number of nitrogens with one attached hydrogen (secondary N) is 2. The highest BCUT2D eigenvalue weighted by Crippen LogP contribution is 2.17. The molecule has 1 aliphatic heterocycles. The lowest BCUT2D eigenvalue weighted by molar-refractivity contribution is -0.122. The summed E-state index contributed by atoms with van der Waals surface area (Å²) in [5.41, 5.74) is 0.930. The summed E-state index contributed by atoms with van der Waals surface area (Å²) in [6.45, 7) is 1.46. The zero-order chi connectivity index (χ0) is 22.2. The molecule has 9 heteroatoms. The minimum absolute atomic E-state index is 0.0249. The van der Waals surface area contributed by atoms with Gasteiger partial charge in [-0.2, -0.15) is 8.78 Å². The van der Waals surface area contributed by atoms with Crippen molar-refractivity contribution in [1.29, 1.82) is 0 Å².